The van der Waals surface area contributed by atoms with Crippen LogP contribution in [0.15, 0.2) is 54.7 Å². The van der Waals surface area contributed by atoms with Crippen LogP contribution in [-0.2, 0) is 16.6 Å². The number of fused-ring (bicyclic) bond motifs is 3. The molecule has 0 radical (unpaired) electrons. The number of thioether (sulfide) groups is 1. The number of nitrogens with one attached hydrogen (secondary N) is 1. The topological polar surface area (TPSA) is 114 Å². The van der Waals surface area contributed by atoms with Gasteiger partial charge in [-0.2, -0.15) is 5.10 Å². The van der Waals surface area contributed by atoms with Crippen molar-refractivity contribution in [2.24, 2.45) is 7.05 Å². The third-order valence-corrected chi connectivity index (χ3v) is 7.06. The van der Waals surface area contributed by atoms with E-state index in [1.807, 2.05) is 36.4 Å². The van der Waals surface area contributed by atoms with Crippen molar-refractivity contribution in [3.63, 3.8) is 0 Å². The van der Waals surface area contributed by atoms with Gasteiger partial charge in [0.2, 0.25) is 0 Å². The molecule has 2 aromatic carbocycles. The van der Waals surface area contributed by atoms with E-state index in [9.17, 15) is 19.5 Å². The average Bonchev–Trinajstić information content (AvgIpc) is 3.53. The number of aliphatic carboxylic acids is 1. The molecule has 1 aromatic heterocycles. The summed E-state index contributed by atoms with van der Waals surface area (Å²) in [5, 5.41) is 16.1. The monoisotopic (exact) mass is 478 g/mol. The Labute approximate surface area is 199 Å². The van der Waals surface area contributed by atoms with Gasteiger partial charge in [-0.05, 0) is 22.3 Å². The van der Waals surface area contributed by atoms with Gasteiger partial charge in [0, 0.05) is 24.9 Å². The summed E-state index contributed by atoms with van der Waals surface area (Å²) >= 11 is 1.36. The number of rotatable bonds is 5. The molecule has 0 saturated carbocycles. The van der Waals surface area contributed by atoms with Crippen LogP contribution in [0.1, 0.15) is 27.4 Å². The zero-order valence-corrected chi connectivity index (χ0v) is 19.1. The molecule has 10 heteroatoms. The first kappa shape index (κ1) is 22.0. The maximum atomic E-state index is 13.0. The highest BCUT2D eigenvalue weighted by atomic mass is 32.2. The Morgan fingerprint density at radius 2 is 1.76 bits per heavy atom. The summed E-state index contributed by atoms with van der Waals surface area (Å²) in [7, 11) is 1.62. The Morgan fingerprint density at radius 1 is 1.12 bits per heavy atom. The number of hydrogen-bond donors (Lipinski definition) is 2. The van der Waals surface area contributed by atoms with Gasteiger partial charge in [-0.25, -0.2) is 9.59 Å². The number of amides is 2. The maximum absolute atomic E-state index is 13.0. The Kier molecular flexibility index (Phi) is 5.74. The second kappa shape index (κ2) is 8.86. The lowest BCUT2D eigenvalue weighted by molar-refractivity contribution is -0.140. The minimum absolute atomic E-state index is 0.0331. The second-order valence-electron chi connectivity index (χ2n) is 8.14. The van der Waals surface area contributed by atoms with E-state index in [2.05, 4.69) is 22.5 Å². The first-order valence-electron chi connectivity index (χ1n) is 10.7. The molecule has 1 atom stereocenters. The van der Waals surface area contributed by atoms with E-state index < -0.39 is 24.0 Å². The molecule has 5 rings (SSSR count). The fourth-order valence-electron chi connectivity index (χ4n) is 4.47. The number of carboxylic acid groups (broad SMARTS) is 1. The minimum atomic E-state index is -1.06. The molecule has 0 spiro atoms. The average molecular weight is 479 g/mol. The van der Waals surface area contributed by atoms with E-state index in [-0.39, 0.29) is 29.8 Å². The van der Waals surface area contributed by atoms with Crippen molar-refractivity contribution in [2.45, 2.75) is 12.0 Å². The van der Waals surface area contributed by atoms with Crippen LogP contribution in [0.2, 0.25) is 0 Å². The predicted molar refractivity (Wildman–Crippen MR) is 127 cm³/mol. The van der Waals surface area contributed by atoms with Crippen LogP contribution >= 0.6 is 11.8 Å². The molecule has 1 aliphatic carbocycles. The van der Waals surface area contributed by atoms with E-state index >= 15 is 0 Å². The molecule has 3 aromatic rings. The van der Waals surface area contributed by atoms with E-state index in [1.165, 1.54) is 27.5 Å². The van der Waals surface area contributed by atoms with E-state index in [1.54, 1.807) is 7.05 Å². The molecule has 34 heavy (non-hydrogen) atoms. The van der Waals surface area contributed by atoms with Crippen LogP contribution < -0.4 is 5.32 Å². The number of carboxylic acids is 1. The molecular formula is C24H22N4O5S. The van der Waals surface area contributed by atoms with Crippen molar-refractivity contribution >= 4 is 35.5 Å². The third kappa shape index (κ3) is 3.90. The van der Waals surface area contributed by atoms with E-state index in [0.29, 0.717) is 5.75 Å². The van der Waals surface area contributed by atoms with Crippen LogP contribution in [0.4, 0.5) is 10.6 Å². The second-order valence-corrected chi connectivity index (χ2v) is 9.14. The summed E-state index contributed by atoms with van der Waals surface area (Å²) in [6.07, 6.45) is 0.726. The Morgan fingerprint density at radius 3 is 2.41 bits per heavy atom. The van der Waals surface area contributed by atoms with E-state index in [0.717, 1.165) is 22.3 Å². The zero-order valence-electron chi connectivity index (χ0n) is 18.3. The molecule has 1 fully saturated rings. The smallest absolute Gasteiger partial charge is 0.412 e. The van der Waals surface area contributed by atoms with E-state index in [4.69, 9.17) is 4.74 Å². The fourth-order valence-corrected chi connectivity index (χ4v) is 5.62. The number of aryl methyl sites for hydroxylation is 1. The molecular weight excluding hydrogens is 456 g/mol. The first-order valence-corrected chi connectivity index (χ1v) is 11.9. The van der Waals surface area contributed by atoms with Crippen molar-refractivity contribution < 1.29 is 24.2 Å². The lowest BCUT2D eigenvalue weighted by Crippen LogP contribution is -2.41. The summed E-state index contributed by atoms with van der Waals surface area (Å²) in [6.45, 7) is 0.125. The highest BCUT2D eigenvalue weighted by Gasteiger charge is 2.37. The number of anilines is 1. The third-order valence-electron chi connectivity index (χ3n) is 6.05. The van der Waals surface area contributed by atoms with Gasteiger partial charge < -0.3 is 14.7 Å². The number of aromatic nitrogens is 2. The number of nitrogens with zero attached hydrogens (tertiary/aromatic N) is 3. The van der Waals surface area contributed by atoms with Gasteiger partial charge in [0.1, 0.15) is 18.2 Å². The minimum Gasteiger partial charge on any atom is -0.480 e. The molecule has 0 bridgehead atoms. The van der Waals surface area contributed by atoms with Crippen molar-refractivity contribution in [3.05, 3.63) is 71.4 Å². The van der Waals surface area contributed by atoms with Gasteiger partial charge in [-0.1, -0.05) is 48.5 Å². The molecule has 2 amide bonds. The van der Waals surface area contributed by atoms with Crippen molar-refractivity contribution in [3.8, 4) is 11.1 Å². The van der Waals surface area contributed by atoms with Gasteiger partial charge >= 0.3 is 12.1 Å². The molecule has 9 nitrogen and oxygen atoms in total. The van der Waals surface area contributed by atoms with Gasteiger partial charge in [0.25, 0.3) is 5.91 Å². The number of benzene rings is 2. The van der Waals surface area contributed by atoms with Gasteiger partial charge in [0.05, 0.1) is 5.88 Å². The molecule has 2 heterocycles. The van der Waals surface area contributed by atoms with Crippen LogP contribution in [0.3, 0.4) is 0 Å². The highest BCUT2D eigenvalue weighted by Crippen LogP contribution is 2.44. The van der Waals surface area contributed by atoms with Crippen LogP contribution in [0.25, 0.3) is 11.1 Å². The molecule has 2 aliphatic rings. The van der Waals surface area contributed by atoms with Crippen LogP contribution in [-0.4, -0.2) is 62.0 Å². The Hall–Kier alpha value is -3.79. The molecule has 1 saturated heterocycles. The van der Waals surface area contributed by atoms with Gasteiger partial charge in [0.15, 0.2) is 5.82 Å². The standard InChI is InChI=1S/C24H22N4O5S/c1-27-10-18(22(29)28-13-34-12-20(28)23(30)31)21(26-27)25-24(32)33-11-19-16-8-4-2-6-14(16)15-7-3-5-9-17(15)19/h2-10,19-20H,11-13H2,1H3,(H,30,31)(H,25,26,32)/t20-/m0/s1. The summed E-state index contributed by atoms with van der Waals surface area (Å²) in [4.78, 5) is 38.4. The number of carbonyl (C=O) groups is 3. The summed E-state index contributed by atoms with van der Waals surface area (Å²) in [5.74, 6) is -1.05. The molecule has 1 aliphatic heterocycles. The molecule has 0 unspecified atom stereocenters. The normalized spacial score (nSPS) is 16.7. The summed E-state index contributed by atoms with van der Waals surface area (Å²) in [6, 6.07) is 15.2. The summed E-state index contributed by atoms with van der Waals surface area (Å²) in [5.41, 5.74) is 4.56. The first-order chi connectivity index (χ1) is 16.4. The van der Waals surface area contributed by atoms with Gasteiger partial charge in [-0.15, -0.1) is 11.8 Å². The molecule has 2 N–H and O–H groups in total. The summed E-state index contributed by atoms with van der Waals surface area (Å²) < 4.78 is 6.94. The van der Waals surface area contributed by atoms with Crippen molar-refractivity contribution in [1.82, 2.24) is 14.7 Å². The number of ether oxygens (including phenoxy) is 1. The Bertz CT molecular complexity index is 1240. The largest absolute Gasteiger partial charge is 0.480 e. The maximum Gasteiger partial charge on any atom is 0.412 e. The predicted octanol–water partition coefficient (Wildman–Crippen LogP) is 3.38. The number of hydrogen-bond acceptors (Lipinski definition) is 6. The zero-order chi connectivity index (χ0) is 23.8. The van der Waals surface area contributed by atoms with Gasteiger partial charge in [-0.3, -0.25) is 14.8 Å². The molecule has 174 valence electrons. The lowest BCUT2D eigenvalue weighted by atomic mass is 9.98. The fraction of sp³-hybridized carbons (Fsp3) is 0.250. The quantitative estimate of drug-likeness (QED) is 0.578. The SMILES string of the molecule is Cn1cc(C(=O)N2CSC[C@H]2C(=O)O)c(NC(=O)OCC2c3ccccc3-c3ccccc32)n1. The highest BCUT2D eigenvalue weighted by molar-refractivity contribution is 7.99. The van der Waals surface area contributed by atoms with Crippen LogP contribution in [0, 0.1) is 0 Å². The van der Waals surface area contributed by atoms with Crippen LogP contribution in [0.5, 0.6) is 0 Å². The van der Waals surface area contributed by atoms with Crippen molar-refractivity contribution in [2.75, 3.05) is 23.6 Å². The number of carbonyl (C=O) groups excluding carboxylic acids is 2. The van der Waals surface area contributed by atoms with Crippen molar-refractivity contribution in [1.29, 1.82) is 0 Å². The lowest BCUT2D eigenvalue weighted by Gasteiger charge is -2.20. The Balaban J connectivity index is 1.30.